The summed E-state index contributed by atoms with van der Waals surface area (Å²) in [6.07, 6.45) is -0.188. The van der Waals surface area contributed by atoms with Crippen LogP contribution >= 0.6 is 11.6 Å². The van der Waals surface area contributed by atoms with E-state index in [4.69, 9.17) is 16.3 Å². The third-order valence-corrected chi connectivity index (χ3v) is 3.00. The highest BCUT2D eigenvalue weighted by molar-refractivity contribution is 6.31. The van der Waals surface area contributed by atoms with Crippen molar-refractivity contribution in [2.45, 2.75) is 38.8 Å². The highest BCUT2D eigenvalue weighted by Gasteiger charge is 2.29. The molecule has 2 rings (SSSR count). The summed E-state index contributed by atoms with van der Waals surface area (Å²) >= 11 is 5.88. The first-order chi connectivity index (χ1) is 9.24. The van der Waals surface area contributed by atoms with Gasteiger partial charge in [-0.3, -0.25) is 4.79 Å². The van der Waals surface area contributed by atoms with Gasteiger partial charge in [-0.25, -0.2) is 4.79 Å². The van der Waals surface area contributed by atoms with Gasteiger partial charge in [0.25, 0.3) is 0 Å². The van der Waals surface area contributed by atoms with Crippen LogP contribution < -0.4 is 10.6 Å². The van der Waals surface area contributed by atoms with Crippen molar-refractivity contribution in [1.82, 2.24) is 5.32 Å². The highest BCUT2D eigenvalue weighted by Crippen LogP contribution is 2.26. The Morgan fingerprint density at radius 2 is 2.15 bits per heavy atom. The number of fused-ring (bicyclic) bond motifs is 1. The Morgan fingerprint density at radius 3 is 2.80 bits per heavy atom. The fourth-order valence-corrected chi connectivity index (χ4v) is 2.11. The third-order valence-electron chi connectivity index (χ3n) is 2.76. The van der Waals surface area contributed by atoms with E-state index in [1.54, 1.807) is 32.9 Å². The molecule has 0 spiro atoms. The van der Waals surface area contributed by atoms with Gasteiger partial charge in [-0.05, 0) is 38.5 Å². The van der Waals surface area contributed by atoms with Crippen molar-refractivity contribution in [1.29, 1.82) is 0 Å². The third kappa shape index (κ3) is 3.63. The number of rotatable bonds is 1. The summed E-state index contributed by atoms with van der Waals surface area (Å²) in [6.45, 7) is 5.31. The van der Waals surface area contributed by atoms with Crippen LogP contribution in [-0.2, 0) is 16.0 Å². The van der Waals surface area contributed by atoms with E-state index in [0.717, 1.165) is 5.56 Å². The van der Waals surface area contributed by atoms with E-state index in [0.29, 0.717) is 17.1 Å². The van der Waals surface area contributed by atoms with E-state index < -0.39 is 17.7 Å². The van der Waals surface area contributed by atoms with E-state index in [2.05, 4.69) is 10.6 Å². The molecule has 2 N–H and O–H groups in total. The van der Waals surface area contributed by atoms with Crippen molar-refractivity contribution in [2.24, 2.45) is 0 Å². The Balaban J connectivity index is 2.06. The van der Waals surface area contributed by atoms with Crippen LogP contribution in [0.2, 0.25) is 5.02 Å². The van der Waals surface area contributed by atoms with Crippen molar-refractivity contribution in [3.05, 3.63) is 28.8 Å². The number of alkyl carbamates (subject to hydrolysis) is 1. The first-order valence-corrected chi connectivity index (χ1v) is 6.71. The quantitative estimate of drug-likeness (QED) is 0.837. The predicted octanol–water partition coefficient (Wildman–Crippen LogP) is 2.73. The second-order valence-corrected chi connectivity index (χ2v) is 6.13. The maximum absolute atomic E-state index is 11.9. The second kappa shape index (κ2) is 5.32. The lowest BCUT2D eigenvalue weighted by molar-refractivity contribution is -0.118. The van der Waals surface area contributed by atoms with Crippen LogP contribution in [0, 0.1) is 0 Å². The maximum Gasteiger partial charge on any atom is 0.408 e. The largest absolute Gasteiger partial charge is 0.444 e. The van der Waals surface area contributed by atoms with Gasteiger partial charge >= 0.3 is 6.09 Å². The molecule has 20 heavy (non-hydrogen) atoms. The standard InChI is InChI=1S/C14H17ClN2O3/c1-14(2,3)20-13(19)17-11-6-8-4-5-9(15)7-10(8)16-12(11)18/h4-5,7,11H,6H2,1-3H3,(H,16,18)(H,17,19). The number of hydrogen-bond donors (Lipinski definition) is 2. The summed E-state index contributed by atoms with van der Waals surface area (Å²) in [4.78, 5) is 23.6. The predicted molar refractivity (Wildman–Crippen MR) is 76.9 cm³/mol. The fourth-order valence-electron chi connectivity index (χ4n) is 1.94. The van der Waals surface area contributed by atoms with Crippen LogP contribution in [-0.4, -0.2) is 23.6 Å². The normalized spacial score (nSPS) is 18.0. The molecule has 0 radical (unpaired) electrons. The molecular weight excluding hydrogens is 280 g/mol. The number of hydrogen-bond acceptors (Lipinski definition) is 3. The van der Waals surface area contributed by atoms with E-state index in [1.807, 2.05) is 6.07 Å². The molecule has 1 aliphatic heterocycles. The lowest BCUT2D eigenvalue weighted by atomic mass is 9.99. The van der Waals surface area contributed by atoms with Crippen molar-refractivity contribution >= 4 is 29.3 Å². The van der Waals surface area contributed by atoms with Gasteiger partial charge in [0, 0.05) is 17.1 Å². The monoisotopic (exact) mass is 296 g/mol. The second-order valence-electron chi connectivity index (χ2n) is 5.69. The summed E-state index contributed by atoms with van der Waals surface area (Å²) in [5.41, 5.74) is 1.01. The zero-order valence-electron chi connectivity index (χ0n) is 11.6. The minimum Gasteiger partial charge on any atom is -0.444 e. The molecule has 0 aromatic heterocycles. The Hall–Kier alpha value is -1.75. The number of carbonyl (C=O) groups is 2. The molecule has 2 amide bonds. The number of halogens is 1. The van der Waals surface area contributed by atoms with Gasteiger partial charge < -0.3 is 15.4 Å². The number of nitrogens with one attached hydrogen (secondary N) is 2. The van der Waals surface area contributed by atoms with E-state index >= 15 is 0 Å². The van der Waals surface area contributed by atoms with Crippen LogP contribution in [0.1, 0.15) is 26.3 Å². The first-order valence-electron chi connectivity index (χ1n) is 6.33. The summed E-state index contributed by atoms with van der Waals surface area (Å²) in [5, 5.41) is 5.86. The minimum absolute atomic E-state index is 0.273. The van der Waals surface area contributed by atoms with Gasteiger partial charge in [0.1, 0.15) is 11.6 Å². The summed E-state index contributed by atoms with van der Waals surface area (Å²) in [6, 6.07) is 4.64. The summed E-state index contributed by atoms with van der Waals surface area (Å²) in [5.74, 6) is -0.273. The lowest BCUT2D eigenvalue weighted by Crippen LogP contribution is -2.49. The van der Waals surface area contributed by atoms with Crippen LogP contribution in [0.5, 0.6) is 0 Å². The van der Waals surface area contributed by atoms with Crippen LogP contribution in [0.4, 0.5) is 10.5 Å². The summed E-state index contributed by atoms with van der Waals surface area (Å²) in [7, 11) is 0. The van der Waals surface area contributed by atoms with Crippen molar-refractivity contribution in [2.75, 3.05) is 5.32 Å². The molecule has 5 nitrogen and oxygen atoms in total. The maximum atomic E-state index is 11.9. The zero-order valence-corrected chi connectivity index (χ0v) is 12.4. The molecule has 1 heterocycles. The van der Waals surface area contributed by atoms with Crippen LogP contribution in [0.25, 0.3) is 0 Å². The molecule has 1 unspecified atom stereocenters. The Labute approximate surface area is 122 Å². The topological polar surface area (TPSA) is 67.4 Å². The van der Waals surface area contributed by atoms with Gasteiger partial charge in [0.05, 0.1) is 0 Å². The lowest BCUT2D eigenvalue weighted by Gasteiger charge is -2.27. The van der Waals surface area contributed by atoms with Crippen molar-refractivity contribution < 1.29 is 14.3 Å². The molecule has 1 aromatic rings. The molecule has 0 fully saturated rings. The smallest absolute Gasteiger partial charge is 0.408 e. The fraction of sp³-hybridized carbons (Fsp3) is 0.429. The van der Waals surface area contributed by atoms with Gasteiger partial charge in [-0.15, -0.1) is 0 Å². The number of amides is 2. The zero-order chi connectivity index (χ0) is 14.9. The Kier molecular flexibility index (Phi) is 3.90. The number of benzene rings is 1. The molecule has 1 aliphatic rings. The van der Waals surface area contributed by atoms with Crippen LogP contribution in [0.3, 0.4) is 0 Å². The Morgan fingerprint density at radius 1 is 1.45 bits per heavy atom. The SMILES string of the molecule is CC(C)(C)OC(=O)NC1Cc2ccc(Cl)cc2NC1=O. The van der Waals surface area contributed by atoms with Gasteiger partial charge in [-0.2, -0.15) is 0 Å². The molecule has 0 aliphatic carbocycles. The summed E-state index contributed by atoms with van der Waals surface area (Å²) < 4.78 is 5.14. The van der Waals surface area contributed by atoms with E-state index in [1.165, 1.54) is 0 Å². The van der Waals surface area contributed by atoms with Gasteiger partial charge in [-0.1, -0.05) is 17.7 Å². The molecule has 6 heteroatoms. The van der Waals surface area contributed by atoms with E-state index in [-0.39, 0.29) is 5.91 Å². The molecule has 0 bridgehead atoms. The molecule has 1 atom stereocenters. The minimum atomic E-state index is -0.640. The van der Waals surface area contributed by atoms with Gasteiger partial charge in [0.2, 0.25) is 5.91 Å². The van der Waals surface area contributed by atoms with Crippen LogP contribution in [0.15, 0.2) is 18.2 Å². The van der Waals surface area contributed by atoms with Crippen molar-refractivity contribution in [3.8, 4) is 0 Å². The first kappa shape index (κ1) is 14.7. The van der Waals surface area contributed by atoms with Crippen molar-refractivity contribution in [3.63, 3.8) is 0 Å². The van der Waals surface area contributed by atoms with E-state index in [9.17, 15) is 9.59 Å². The highest BCUT2D eigenvalue weighted by atomic mass is 35.5. The molecule has 0 saturated heterocycles. The molecule has 0 saturated carbocycles. The number of carbonyl (C=O) groups excluding carboxylic acids is 2. The van der Waals surface area contributed by atoms with Gasteiger partial charge in [0.15, 0.2) is 0 Å². The average Bonchev–Trinajstić information content (AvgIpc) is 2.28. The number of ether oxygens (including phenoxy) is 1. The Bertz CT molecular complexity index is 552. The molecule has 1 aromatic carbocycles. The molecular formula is C14H17ClN2O3. The molecule has 108 valence electrons. The average molecular weight is 297 g/mol. The number of anilines is 1.